The van der Waals surface area contributed by atoms with Gasteiger partial charge in [0.1, 0.15) is 17.2 Å². The molecule has 1 aromatic carbocycles. The van der Waals surface area contributed by atoms with E-state index in [1.165, 1.54) is 11.8 Å². The Kier molecular flexibility index (Phi) is 7.75. The van der Waals surface area contributed by atoms with Crippen molar-refractivity contribution in [1.29, 1.82) is 0 Å². The molecule has 0 saturated carbocycles. The fourth-order valence-corrected chi connectivity index (χ4v) is 3.75. The Morgan fingerprint density at radius 3 is 2.52 bits per heavy atom. The highest BCUT2D eigenvalue weighted by Gasteiger charge is 2.31. The molecule has 0 aliphatic rings. The molecule has 2 heterocycles. The smallest absolute Gasteiger partial charge is 0.196 e. The first-order valence-electron chi connectivity index (χ1n) is 9.54. The molecule has 9 nitrogen and oxygen atoms in total. The number of Topliss-reactive ketones (excluding diaryl/α,β-unsaturated/α-hetero) is 1. The summed E-state index contributed by atoms with van der Waals surface area (Å²) in [5.74, 6) is 0.969. The quantitative estimate of drug-likeness (QED) is 0.375. The average molecular weight is 445 g/mol. The van der Waals surface area contributed by atoms with Gasteiger partial charge in [-0.3, -0.25) is 14.3 Å². The molecule has 0 amide bonds. The lowest BCUT2D eigenvalue weighted by Gasteiger charge is -2.26. The minimum atomic E-state index is -1.24. The third-order valence-corrected chi connectivity index (χ3v) is 5.77. The number of carbonyl (C=O) groups is 1. The standard InChI is InChI=1S/C21H24N4O5S/c1-30-17-6-4-5-15(9-17)25-19(18-7-2-3-8-22-18)23-24-20(25)31-11-16(29)10-21(12-26,13-27)14-28/h2-9,26-28H,10-14H2,1H3. The fourth-order valence-electron chi connectivity index (χ4n) is 2.94. The van der Waals surface area contributed by atoms with Gasteiger partial charge in [-0.2, -0.15) is 0 Å². The lowest BCUT2D eigenvalue weighted by Crippen LogP contribution is -2.36. The number of aliphatic hydroxyl groups excluding tert-OH is 3. The summed E-state index contributed by atoms with van der Waals surface area (Å²) < 4.78 is 7.12. The van der Waals surface area contributed by atoms with Gasteiger partial charge >= 0.3 is 0 Å². The number of ether oxygens (including phenoxy) is 1. The summed E-state index contributed by atoms with van der Waals surface area (Å²) in [6, 6.07) is 12.8. The van der Waals surface area contributed by atoms with Crippen molar-refractivity contribution in [3.8, 4) is 23.0 Å². The van der Waals surface area contributed by atoms with E-state index in [1.54, 1.807) is 23.9 Å². The van der Waals surface area contributed by atoms with Crippen molar-refractivity contribution in [3.63, 3.8) is 0 Å². The van der Waals surface area contributed by atoms with Gasteiger partial charge in [0, 0.05) is 24.1 Å². The van der Waals surface area contributed by atoms with Crippen LogP contribution in [0.25, 0.3) is 17.2 Å². The van der Waals surface area contributed by atoms with Gasteiger partial charge in [-0.25, -0.2) is 0 Å². The van der Waals surface area contributed by atoms with Crippen LogP contribution in [0.4, 0.5) is 0 Å². The van der Waals surface area contributed by atoms with Crippen molar-refractivity contribution in [2.45, 2.75) is 11.6 Å². The molecule has 31 heavy (non-hydrogen) atoms. The van der Waals surface area contributed by atoms with Gasteiger partial charge in [-0.15, -0.1) is 10.2 Å². The zero-order valence-corrected chi connectivity index (χ0v) is 17.8. The van der Waals surface area contributed by atoms with E-state index in [-0.39, 0.29) is 18.0 Å². The molecular formula is C21H24N4O5S. The molecule has 0 saturated heterocycles. The number of hydrogen-bond acceptors (Lipinski definition) is 9. The molecule has 0 atom stereocenters. The number of thioether (sulfide) groups is 1. The molecule has 0 radical (unpaired) electrons. The van der Waals surface area contributed by atoms with E-state index in [4.69, 9.17) is 4.74 Å². The van der Waals surface area contributed by atoms with Gasteiger partial charge in [-0.05, 0) is 24.3 Å². The first kappa shape index (κ1) is 22.9. The number of rotatable bonds is 11. The highest BCUT2D eigenvalue weighted by Crippen LogP contribution is 2.29. The van der Waals surface area contributed by atoms with Gasteiger partial charge in [0.05, 0.1) is 38.4 Å². The maximum atomic E-state index is 12.5. The second kappa shape index (κ2) is 10.5. The van der Waals surface area contributed by atoms with Gasteiger partial charge in [0.2, 0.25) is 0 Å². The minimum absolute atomic E-state index is 0.0338. The molecule has 3 N–H and O–H groups in total. The Bertz CT molecular complexity index is 1000. The molecule has 164 valence electrons. The van der Waals surface area contributed by atoms with E-state index in [1.807, 2.05) is 36.4 Å². The van der Waals surface area contributed by atoms with Crippen LogP contribution < -0.4 is 4.74 Å². The summed E-state index contributed by atoms with van der Waals surface area (Å²) in [6.07, 6.45) is 1.51. The van der Waals surface area contributed by atoms with Crippen molar-refractivity contribution in [3.05, 3.63) is 48.7 Å². The van der Waals surface area contributed by atoms with Crippen molar-refractivity contribution in [2.24, 2.45) is 5.41 Å². The molecule has 0 unspecified atom stereocenters. The van der Waals surface area contributed by atoms with Crippen LogP contribution in [-0.4, -0.2) is 73.5 Å². The number of aromatic nitrogens is 4. The number of hydrogen-bond donors (Lipinski definition) is 3. The molecule has 0 bridgehead atoms. The zero-order chi connectivity index (χ0) is 22.3. The fraction of sp³-hybridized carbons (Fsp3) is 0.333. The van der Waals surface area contributed by atoms with E-state index in [0.717, 1.165) is 5.69 Å². The van der Waals surface area contributed by atoms with Gasteiger partial charge < -0.3 is 20.1 Å². The van der Waals surface area contributed by atoms with Gasteiger partial charge in [0.25, 0.3) is 0 Å². The van der Waals surface area contributed by atoms with Crippen molar-refractivity contribution in [1.82, 2.24) is 19.7 Å². The van der Waals surface area contributed by atoms with E-state index < -0.39 is 25.2 Å². The number of ketones is 1. The molecule has 3 aromatic rings. The van der Waals surface area contributed by atoms with Crippen LogP contribution in [-0.2, 0) is 4.79 Å². The summed E-state index contributed by atoms with van der Waals surface area (Å²) in [4.78, 5) is 16.8. The lowest BCUT2D eigenvalue weighted by atomic mass is 9.86. The van der Waals surface area contributed by atoms with Crippen LogP contribution >= 0.6 is 11.8 Å². The Labute approximate surface area is 183 Å². The molecule has 0 aliphatic carbocycles. The number of methoxy groups -OCH3 is 1. The number of nitrogens with zero attached hydrogens (tertiary/aromatic N) is 4. The predicted octanol–water partition coefficient (Wildman–Crippen LogP) is 1.35. The van der Waals surface area contributed by atoms with Crippen LogP contribution in [0, 0.1) is 5.41 Å². The predicted molar refractivity (Wildman–Crippen MR) is 115 cm³/mol. The van der Waals surface area contributed by atoms with E-state index >= 15 is 0 Å². The molecule has 0 aliphatic heterocycles. The summed E-state index contributed by atoms with van der Waals surface area (Å²) >= 11 is 1.18. The monoisotopic (exact) mass is 444 g/mol. The lowest BCUT2D eigenvalue weighted by molar-refractivity contribution is -0.122. The zero-order valence-electron chi connectivity index (χ0n) is 17.0. The topological polar surface area (TPSA) is 131 Å². The van der Waals surface area contributed by atoms with E-state index in [0.29, 0.717) is 22.4 Å². The number of aliphatic hydroxyl groups is 3. The highest BCUT2D eigenvalue weighted by molar-refractivity contribution is 7.99. The Morgan fingerprint density at radius 2 is 1.87 bits per heavy atom. The van der Waals surface area contributed by atoms with Crippen LogP contribution in [0.1, 0.15) is 6.42 Å². The van der Waals surface area contributed by atoms with Gasteiger partial charge in [0.15, 0.2) is 11.0 Å². The first-order valence-corrected chi connectivity index (χ1v) is 10.5. The molecule has 3 rings (SSSR count). The highest BCUT2D eigenvalue weighted by atomic mass is 32.2. The van der Waals surface area contributed by atoms with Crippen molar-refractivity contribution in [2.75, 3.05) is 32.7 Å². The minimum Gasteiger partial charge on any atom is -0.497 e. The number of carbonyl (C=O) groups excluding carboxylic acids is 1. The van der Waals surface area contributed by atoms with Gasteiger partial charge in [-0.1, -0.05) is 23.9 Å². The first-order chi connectivity index (χ1) is 15.1. The maximum Gasteiger partial charge on any atom is 0.196 e. The normalized spacial score (nSPS) is 11.5. The molecule has 0 fully saturated rings. The van der Waals surface area contributed by atoms with Crippen LogP contribution in [0.5, 0.6) is 5.75 Å². The van der Waals surface area contributed by atoms with Crippen molar-refractivity contribution >= 4 is 17.5 Å². The largest absolute Gasteiger partial charge is 0.497 e. The number of benzene rings is 1. The Balaban J connectivity index is 1.90. The Morgan fingerprint density at radius 1 is 1.10 bits per heavy atom. The second-order valence-electron chi connectivity index (χ2n) is 7.04. The maximum absolute atomic E-state index is 12.5. The summed E-state index contributed by atoms with van der Waals surface area (Å²) in [7, 11) is 1.58. The second-order valence-corrected chi connectivity index (χ2v) is 7.98. The third-order valence-electron chi connectivity index (χ3n) is 4.78. The van der Waals surface area contributed by atoms with Crippen LogP contribution in [0.15, 0.2) is 53.8 Å². The third kappa shape index (κ3) is 5.28. The van der Waals surface area contributed by atoms with E-state index in [2.05, 4.69) is 15.2 Å². The van der Waals surface area contributed by atoms with Crippen molar-refractivity contribution < 1.29 is 24.9 Å². The summed E-state index contributed by atoms with van der Waals surface area (Å²) in [5.41, 5.74) is 0.128. The molecule has 2 aromatic heterocycles. The van der Waals surface area contributed by atoms with Crippen LogP contribution in [0.3, 0.4) is 0 Å². The average Bonchev–Trinajstić information content (AvgIpc) is 3.26. The Hall–Kier alpha value is -2.79. The number of pyridine rings is 1. The van der Waals surface area contributed by atoms with Crippen LogP contribution in [0.2, 0.25) is 0 Å². The molecule has 0 spiro atoms. The molecular weight excluding hydrogens is 420 g/mol. The van der Waals surface area contributed by atoms with E-state index in [9.17, 15) is 20.1 Å². The SMILES string of the molecule is COc1cccc(-n2c(SCC(=O)CC(CO)(CO)CO)nnc2-c2ccccn2)c1. The molecule has 10 heteroatoms. The summed E-state index contributed by atoms with van der Waals surface area (Å²) in [6.45, 7) is -1.46. The summed E-state index contributed by atoms with van der Waals surface area (Å²) in [5, 5.41) is 37.4.